The second-order valence-corrected chi connectivity index (χ2v) is 4.19. The van der Waals surface area contributed by atoms with E-state index in [1.807, 2.05) is 42.5 Å². The third kappa shape index (κ3) is 5.73. The molecule has 3 heteroatoms. The average molecular weight is 269 g/mol. The minimum atomic E-state index is 0.240. The summed E-state index contributed by atoms with van der Waals surface area (Å²) in [6.45, 7) is 0.240. The molecule has 0 heterocycles. The van der Waals surface area contributed by atoms with Crippen molar-refractivity contribution in [2.75, 3.05) is 6.61 Å². The lowest BCUT2D eigenvalue weighted by Gasteiger charge is -1.93. The number of hydrogen-bond donors (Lipinski definition) is 1. The van der Waals surface area contributed by atoms with Crippen LogP contribution in [-0.4, -0.2) is 11.7 Å². The lowest BCUT2D eigenvalue weighted by atomic mass is 10.2. The first kappa shape index (κ1) is 14.0. The Balaban J connectivity index is 0.000000171. The van der Waals surface area contributed by atoms with Gasteiger partial charge in [-0.15, -0.1) is 0 Å². The Bertz CT molecular complexity index is 408. The molecule has 17 heavy (non-hydrogen) atoms. The molecule has 0 aliphatic carbocycles. The molecule has 0 amide bonds. The Hall–Kier alpha value is -1.02. The van der Waals surface area contributed by atoms with Crippen molar-refractivity contribution in [2.45, 2.75) is 6.42 Å². The molecule has 90 valence electrons. The monoisotopic (exact) mass is 268 g/mol. The van der Waals surface area contributed by atoms with E-state index in [1.165, 1.54) is 5.56 Å². The predicted octanol–water partition coefficient (Wildman–Crippen LogP) is 4.21. The van der Waals surface area contributed by atoms with E-state index in [4.69, 9.17) is 28.3 Å². The minimum absolute atomic E-state index is 0.240. The van der Waals surface area contributed by atoms with Gasteiger partial charge in [0.15, 0.2) is 0 Å². The summed E-state index contributed by atoms with van der Waals surface area (Å²) in [7, 11) is 0. The molecule has 0 aliphatic heterocycles. The van der Waals surface area contributed by atoms with Gasteiger partial charge in [-0.25, -0.2) is 0 Å². The fourth-order valence-electron chi connectivity index (χ4n) is 1.21. The highest BCUT2D eigenvalue weighted by Gasteiger charge is 1.89. The second kappa shape index (κ2) is 8.13. The van der Waals surface area contributed by atoms with E-state index >= 15 is 0 Å². The van der Waals surface area contributed by atoms with Gasteiger partial charge in [-0.3, -0.25) is 0 Å². The molecule has 0 atom stereocenters. The van der Waals surface area contributed by atoms with Crippen LogP contribution < -0.4 is 0 Å². The van der Waals surface area contributed by atoms with E-state index in [1.54, 1.807) is 12.1 Å². The summed E-state index contributed by atoms with van der Waals surface area (Å²) < 4.78 is 0. The zero-order valence-corrected chi connectivity index (χ0v) is 10.8. The minimum Gasteiger partial charge on any atom is -0.396 e. The average Bonchev–Trinajstić information content (AvgIpc) is 2.36. The number of aliphatic hydroxyl groups is 1. The van der Waals surface area contributed by atoms with Gasteiger partial charge in [0.2, 0.25) is 0 Å². The van der Waals surface area contributed by atoms with Gasteiger partial charge < -0.3 is 5.11 Å². The molecular weight excluding hydrogens is 255 g/mol. The SMILES string of the molecule is Clc1ccccc1Cl.OCCc1ccccc1. The highest BCUT2D eigenvalue weighted by Crippen LogP contribution is 2.19. The highest BCUT2D eigenvalue weighted by molar-refractivity contribution is 6.41. The Kier molecular flexibility index (Phi) is 6.71. The predicted molar refractivity (Wildman–Crippen MR) is 73.7 cm³/mol. The smallest absolute Gasteiger partial charge is 0.0592 e. The normalized spacial score (nSPS) is 9.35. The van der Waals surface area contributed by atoms with Gasteiger partial charge in [0.05, 0.1) is 10.0 Å². The molecule has 1 nitrogen and oxygen atoms in total. The van der Waals surface area contributed by atoms with Gasteiger partial charge in [0, 0.05) is 6.61 Å². The molecule has 0 saturated heterocycles. The molecule has 0 bridgehead atoms. The van der Waals surface area contributed by atoms with Gasteiger partial charge in [0.25, 0.3) is 0 Å². The zero-order valence-electron chi connectivity index (χ0n) is 9.31. The molecule has 0 radical (unpaired) electrons. The van der Waals surface area contributed by atoms with Crippen LogP contribution in [-0.2, 0) is 6.42 Å². The van der Waals surface area contributed by atoms with Gasteiger partial charge in [-0.2, -0.15) is 0 Å². The lowest BCUT2D eigenvalue weighted by Crippen LogP contribution is -1.88. The Morgan fingerprint density at radius 3 is 1.65 bits per heavy atom. The van der Waals surface area contributed by atoms with Crippen molar-refractivity contribution in [3.05, 3.63) is 70.2 Å². The zero-order chi connectivity index (χ0) is 12.5. The van der Waals surface area contributed by atoms with Crippen molar-refractivity contribution in [1.29, 1.82) is 0 Å². The molecule has 0 spiro atoms. The fourth-order valence-corrected chi connectivity index (χ4v) is 1.48. The van der Waals surface area contributed by atoms with Crippen LogP contribution in [0.4, 0.5) is 0 Å². The van der Waals surface area contributed by atoms with Crippen LogP contribution in [0, 0.1) is 0 Å². The van der Waals surface area contributed by atoms with Crippen molar-refractivity contribution < 1.29 is 5.11 Å². The Morgan fingerprint density at radius 1 is 0.765 bits per heavy atom. The standard InChI is InChI=1S/C8H10O.C6H4Cl2/c9-7-6-8-4-2-1-3-5-8;7-5-3-1-2-4-6(5)8/h1-5,9H,6-7H2;1-4H. The number of benzene rings is 2. The van der Waals surface area contributed by atoms with Gasteiger partial charge in [-0.05, 0) is 24.1 Å². The van der Waals surface area contributed by atoms with Gasteiger partial charge in [-0.1, -0.05) is 65.7 Å². The molecule has 0 unspecified atom stereocenters. The molecule has 2 aromatic rings. The second-order valence-electron chi connectivity index (χ2n) is 3.37. The van der Waals surface area contributed by atoms with E-state index in [0.29, 0.717) is 10.0 Å². The molecule has 0 saturated carbocycles. The number of halogens is 2. The number of aliphatic hydroxyl groups excluding tert-OH is 1. The van der Waals surface area contributed by atoms with Crippen LogP contribution in [0.15, 0.2) is 54.6 Å². The maximum absolute atomic E-state index is 8.52. The topological polar surface area (TPSA) is 20.2 Å². The molecule has 2 aromatic carbocycles. The third-order valence-corrected chi connectivity index (χ3v) is 2.82. The van der Waals surface area contributed by atoms with Gasteiger partial charge >= 0.3 is 0 Å². The van der Waals surface area contributed by atoms with Crippen molar-refractivity contribution in [3.63, 3.8) is 0 Å². The van der Waals surface area contributed by atoms with Crippen LogP contribution in [0.2, 0.25) is 10.0 Å². The molecule has 0 aliphatic rings. The molecule has 0 fully saturated rings. The maximum Gasteiger partial charge on any atom is 0.0592 e. The summed E-state index contributed by atoms with van der Waals surface area (Å²) in [5.41, 5.74) is 1.19. The van der Waals surface area contributed by atoms with Crippen molar-refractivity contribution >= 4 is 23.2 Å². The van der Waals surface area contributed by atoms with Gasteiger partial charge in [0.1, 0.15) is 0 Å². The van der Waals surface area contributed by atoms with Crippen molar-refractivity contribution in [1.82, 2.24) is 0 Å². The Morgan fingerprint density at radius 2 is 1.24 bits per heavy atom. The van der Waals surface area contributed by atoms with Crippen LogP contribution >= 0.6 is 23.2 Å². The molecule has 0 aromatic heterocycles. The summed E-state index contributed by atoms with van der Waals surface area (Å²) in [5, 5.41) is 9.73. The summed E-state index contributed by atoms with van der Waals surface area (Å²) in [5.74, 6) is 0. The number of hydrogen-bond acceptors (Lipinski definition) is 1. The molecule has 2 rings (SSSR count). The number of rotatable bonds is 2. The fraction of sp³-hybridized carbons (Fsp3) is 0.143. The van der Waals surface area contributed by atoms with E-state index in [9.17, 15) is 0 Å². The molecule has 1 N–H and O–H groups in total. The largest absolute Gasteiger partial charge is 0.396 e. The first-order chi connectivity index (χ1) is 8.24. The summed E-state index contributed by atoms with van der Waals surface area (Å²) in [6, 6.07) is 17.1. The lowest BCUT2D eigenvalue weighted by molar-refractivity contribution is 0.299. The van der Waals surface area contributed by atoms with E-state index in [0.717, 1.165) is 6.42 Å². The highest BCUT2D eigenvalue weighted by atomic mass is 35.5. The quantitative estimate of drug-likeness (QED) is 0.865. The van der Waals surface area contributed by atoms with E-state index < -0.39 is 0 Å². The first-order valence-corrected chi connectivity index (χ1v) is 6.04. The van der Waals surface area contributed by atoms with Crippen molar-refractivity contribution in [2.24, 2.45) is 0 Å². The first-order valence-electron chi connectivity index (χ1n) is 5.29. The van der Waals surface area contributed by atoms with Crippen LogP contribution in [0.1, 0.15) is 5.56 Å². The van der Waals surface area contributed by atoms with E-state index in [-0.39, 0.29) is 6.61 Å². The maximum atomic E-state index is 8.52. The van der Waals surface area contributed by atoms with E-state index in [2.05, 4.69) is 0 Å². The molecular formula is C14H14Cl2O. The third-order valence-electron chi connectivity index (χ3n) is 2.07. The Labute approximate surface area is 112 Å². The van der Waals surface area contributed by atoms with Crippen LogP contribution in [0.3, 0.4) is 0 Å². The summed E-state index contributed by atoms with van der Waals surface area (Å²) in [4.78, 5) is 0. The van der Waals surface area contributed by atoms with Crippen LogP contribution in [0.5, 0.6) is 0 Å². The summed E-state index contributed by atoms with van der Waals surface area (Å²) >= 11 is 11.2. The summed E-state index contributed by atoms with van der Waals surface area (Å²) in [6.07, 6.45) is 0.765. The van der Waals surface area contributed by atoms with Crippen molar-refractivity contribution in [3.8, 4) is 0 Å². The van der Waals surface area contributed by atoms with Crippen LogP contribution in [0.25, 0.3) is 0 Å².